The maximum absolute atomic E-state index is 11.4. The van der Waals surface area contributed by atoms with E-state index >= 15 is 0 Å². The van der Waals surface area contributed by atoms with Gasteiger partial charge in [0.2, 0.25) is 5.88 Å². The van der Waals surface area contributed by atoms with Crippen molar-refractivity contribution in [3.05, 3.63) is 17.8 Å². The van der Waals surface area contributed by atoms with Gasteiger partial charge in [-0.1, -0.05) is 20.3 Å². The summed E-state index contributed by atoms with van der Waals surface area (Å²) in [5.41, 5.74) is 6.34. The molecule has 0 amide bonds. The number of hydrogen-bond acceptors (Lipinski definition) is 5. The fraction of sp³-hybridized carbons (Fsp3) is 0.538. The summed E-state index contributed by atoms with van der Waals surface area (Å²) >= 11 is 0. The van der Waals surface area contributed by atoms with Crippen LogP contribution in [-0.2, 0) is 4.74 Å². The van der Waals surface area contributed by atoms with Crippen LogP contribution >= 0.6 is 0 Å². The van der Waals surface area contributed by atoms with E-state index in [1.165, 1.54) is 19.4 Å². The molecule has 0 aromatic carbocycles. The van der Waals surface area contributed by atoms with E-state index in [1.807, 2.05) is 0 Å². The van der Waals surface area contributed by atoms with Gasteiger partial charge in [-0.3, -0.25) is 0 Å². The van der Waals surface area contributed by atoms with Crippen molar-refractivity contribution in [2.24, 2.45) is 5.92 Å². The number of nitrogens with zero attached hydrogens (tertiary/aromatic N) is 1. The van der Waals surface area contributed by atoms with E-state index in [0.717, 1.165) is 12.8 Å². The highest BCUT2D eigenvalue weighted by Crippen LogP contribution is 2.23. The van der Waals surface area contributed by atoms with E-state index in [2.05, 4.69) is 23.6 Å². The third-order valence-electron chi connectivity index (χ3n) is 2.64. The topological polar surface area (TPSA) is 74.4 Å². The zero-order valence-corrected chi connectivity index (χ0v) is 11.1. The number of esters is 1. The molecule has 0 aliphatic rings. The number of nitrogen functional groups attached to an aromatic ring is 1. The van der Waals surface area contributed by atoms with Crippen LogP contribution in [0.1, 0.15) is 37.0 Å². The van der Waals surface area contributed by atoms with Crippen LogP contribution < -0.4 is 10.5 Å². The highest BCUT2D eigenvalue weighted by Gasteiger charge is 2.15. The van der Waals surface area contributed by atoms with Crippen LogP contribution in [-0.4, -0.2) is 24.7 Å². The zero-order valence-electron chi connectivity index (χ0n) is 11.1. The number of carbonyl (C=O) groups is 1. The van der Waals surface area contributed by atoms with Crippen LogP contribution in [0.4, 0.5) is 5.69 Å². The molecule has 0 aliphatic heterocycles. The first-order valence-electron chi connectivity index (χ1n) is 6.05. The van der Waals surface area contributed by atoms with Gasteiger partial charge < -0.3 is 15.2 Å². The summed E-state index contributed by atoms with van der Waals surface area (Å²) in [6.45, 7) is 4.76. The number of ether oxygens (including phenoxy) is 2. The molecule has 100 valence electrons. The molecule has 1 aromatic rings. The fourth-order valence-corrected chi connectivity index (χ4v) is 1.65. The minimum Gasteiger partial charge on any atom is -0.476 e. The van der Waals surface area contributed by atoms with Gasteiger partial charge in [0, 0.05) is 6.20 Å². The molecular formula is C13H20N2O3. The number of aromatic nitrogens is 1. The molecule has 0 aliphatic carbocycles. The SMILES string of the molecule is CCCC(C)COc1nccc(C(=O)OC)c1N. The third-order valence-corrected chi connectivity index (χ3v) is 2.64. The van der Waals surface area contributed by atoms with Gasteiger partial charge in [0.15, 0.2) is 0 Å². The maximum Gasteiger partial charge on any atom is 0.340 e. The molecular weight excluding hydrogens is 232 g/mol. The fourth-order valence-electron chi connectivity index (χ4n) is 1.65. The lowest BCUT2D eigenvalue weighted by Crippen LogP contribution is -2.12. The number of anilines is 1. The van der Waals surface area contributed by atoms with Crippen LogP contribution in [0.15, 0.2) is 12.3 Å². The summed E-state index contributed by atoms with van der Waals surface area (Å²) in [5, 5.41) is 0. The van der Waals surface area contributed by atoms with Gasteiger partial charge >= 0.3 is 5.97 Å². The first-order chi connectivity index (χ1) is 8.60. The van der Waals surface area contributed by atoms with Crippen LogP contribution in [0, 0.1) is 5.92 Å². The Bertz CT molecular complexity index is 407. The Morgan fingerprint density at radius 3 is 2.89 bits per heavy atom. The summed E-state index contributed by atoms with van der Waals surface area (Å²) in [6.07, 6.45) is 3.68. The van der Waals surface area contributed by atoms with Crippen LogP contribution in [0.2, 0.25) is 0 Å². The molecule has 2 N–H and O–H groups in total. The number of hydrogen-bond donors (Lipinski definition) is 1. The van der Waals surface area contributed by atoms with Crippen molar-refractivity contribution >= 4 is 11.7 Å². The summed E-state index contributed by atoms with van der Waals surface area (Å²) in [6, 6.07) is 1.52. The minimum absolute atomic E-state index is 0.230. The summed E-state index contributed by atoms with van der Waals surface area (Å²) in [5.74, 6) is 0.236. The molecule has 0 saturated heterocycles. The molecule has 0 saturated carbocycles. The maximum atomic E-state index is 11.4. The molecule has 0 spiro atoms. The second kappa shape index (κ2) is 6.83. The van der Waals surface area contributed by atoms with Gasteiger partial charge in [-0.05, 0) is 18.4 Å². The van der Waals surface area contributed by atoms with Crippen LogP contribution in [0.25, 0.3) is 0 Å². The van der Waals surface area contributed by atoms with Gasteiger partial charge in [-0.15, -0.1) is 0 Å². The van der Waals surface area contributed by atoms with Gasteiger partial charge in [0.25, 0.3) is 0 Å². The van der Waals surface area contributed by atoms with Crippen molar-refractivity contribution in [2.75, 3.05) is 19.5 Å². The molecule has 1 rings (SSSR count). The molecule has 18 heavy (non-hydrogen) atoms. The molecule has 1 unspecified atom stereocenters. The second-order valence-electron chi connectivity index (χ2n) is 4.27. The van der Waals surface area contributed by atoms with E-state index in [0.29, 0.717) is 18.4 Å². The van der Waals surface area contributed by atoms with Crippen molar-refractivity contribution in [3.8, 4) is 5.88 Å². The predicted octanol–water partition coefficient (Wildman–Crippen LogP) is 2.27. The Hall–Kier alpha value is -1.78. The molecule has 5 heteroatoms. The van der Waals surface area contributed by atoms with Gasteiger partial charge in [0.1, 0.15) is 5.69 Å². The number of carbonyl (C=O) groups excluding carboxylic acids is 1. The first kappa shape index (κ1) is 14.3. The molecule has 1 heterocycles. The molecule has 5 nitrogen and oxygen atoms in total. The van der Waals surface area contributed by atoms with Crippen molar-refractivity contribution in [1.82, 2.24) is 4.98 Å². The Kier molecular flexibility index (Phi) is 5.42. The monoisotopic (exact) mass is 252 g/mol. The highest BCUT2D eigenvalue weighted by molar-refractivity contribution is 5.95. The lowest BCUT2D eigenvalue weighted by Gasteiger charge is -2.13. The molecule has 0 bridgehead atoms. The Morgan fingerprint density at radius 2 is 2.28 bits per heavy atom. The highest BCUT2D eigenvalue weighted by atomic mass is 16.5. The standard InChI is InChI=1S/C13H20N2O3/c1-4-5-9(2)8-18-12-11(14)10(6-7-15-12)13(16)17-3/h6-7,9H,4-5,8,14H2,1-3H3. The number of pyridine rings is 1. The number of nitrogens with two attached hydrogens (primary N) is 1. The van der Waals surface area contributed by atoms with E-state index in [1.54, 1.807) is 0 Å². The van der Waals surface area contributed by atoms with Gasteiger partial charge in [0.05, 0.1) is 19.3 Å². The third kappa shape index (κ3) is 3.61. The zero-order chi connectivity index (χ0) is 13.5. The molecule has 0 fully saturated rings. The molecule has 1 atom stereocenters. The Balaban J connectivity index is 2.75. The normalized spacial score (nSPS) is 11.9. The predicted molar refractivity (Wildman–Crippen MR) is 69.6 cm³/mol. The van der Waals surface area contributed by atoms with Gasteiger partial charge in [-0.2, -0.15) is 0 Å². The number of methoxy groups -OCH3 is 1. The average Bonchev–Trinajstić information content (AvgIpc) is 2.37. The van der Waals surface area contributed by atoms with E-state index in [4.69, 9.17) is 10.5 Å². The molecule has 1 aromatic heterocycles. The first-order valence-corrected chi connectivity index (χ1v) is 6.05. The van der Waals surface area contributed by atoms with Crippen LogP contribution in [0.5, 0.6) is 5.88 Å². The average molecular weight is 252 g/mol. The van der Waals surface area contributed by atoms with Crippen LogP contribution in [0.3, 0.4) is 0 Å². The minimum atomic E-state index is -0.485. The van der Waals surface area contributed by atoms with Gasteiger partial charge in [-0.25, -0.2) is 9.78 Å². The lowest BCUT2D eigenvalue weighted by atomic mass is 10.1. The smallest absolute Gasteiger partial charge is 0.340 e. The molecule has 0 radical (unpaired) electrons. The summed E-state index contributed by atoms with van der Waals surface area (Å²) in [7, 11) is 1.31. The van der Waals surface area contributed by atoms with Crippen molar-refractivity contribution < 1.29 is 14.3 Å². The largest absolute Gasteiger partial charge is 0.476 e. The summed E-state index contributed by atoms with van der Waals surface area (Å²) < 4.78 is 10.2. The number of rotatable bonds is 6. The van der Waals surface area contributed by atoms with E-state index in [-0.39, 0.29) is 11.3 Å². The summed E-state index contributed by atoms with van der Waals surface area (Å²) in [4.78, 5) is 15.5. The second-order valence-corrected chi connectivity index (χ2v) is 4.27. The van der Waals surface area contributed by atoms with E-state index in [9.17, 15) is 4.79 Å². The quantitative estimate of drug-likeness (QED) is 0.786. The van der Waals surface area contributed by atoms with Crippen molar-refractivity contribution in [1.29, 1.82) is 0 Å². The van der Waals surface area contributed by atoms with Crippen molar-refractivity contribution in [2.45, 2.75) is 26.7 Å². The van der Waals surface area contributed by atoms with Crippen molar-refractivity contribution in [3.63, 3.8) is 0 Å². The van der Waals surface area contributed by atoms with E-state index < -0.39 is 5.97 Å². The Morgan fingerprint density at radius 1 is 1.56 bits per heavy atom. The lowest BCUT2D eigenvalue weighted by molar-refractivity contribution is 0.0601. The Labute approximate surface area is 107 Å².